The molecular formula is C9H19N2O2+. The number of carbonyl (C=O) groups excluding carboxylic acids is 1. The molecule has 0 aromatic rings. The first-order valence-corrected chi connectivity index (χ1v) is 4.78. The van der Waals surface area contributed by atoms with Crippen LogP contribution in [0.5, 0.6) is 0 Å². The number of hydrogen-bond acceptors (Lipinski definition) is 2. The molecule has 1 heterocycles. The number of rotatable bonds is 1. The second-order valence-electron chi connectivity index (χ2n) is 4.44. The van der Waals surface area contributed by atoms with E-state index in [1.165, 1.54) is 0 Å². The molecule has 1 atom stereocenters. The minimum atomic E-state index is -0.396. The lowest BCUT2D eigenvalue weighted by molar-refractivity contribution is -0.636. The first-order chi connectivity index (χ1) is 5.97. The first-order valence-electron chi connectivity index (χ1n) is 4.78. The molecule has 0 bridgehead atoms. The van der Waals surface area contributed by atoms with Gasteiger partial charge in [0.05, 0.1) is 19.1 Å². The van der Waals surface area contributed by atoms with E-state index < -0.39 is 5.60 Å². The molecule has 0 saturated carbocycles. The van der Waals surface area contributed by atoms with E-state index in [2.05, 4.69) is 10.6 Å². The van der Waals surface area contributed by atoms with Gasteiger partial charge in [0.15, 0.2) is 0 Å². The quantitative estimate of drug-likeness (QED) is 0.599. The lowest BCUT2D eigenvalue weighted by Crippen LogP contribution is -2.82. The Hall–Kier alpha value is -0.770. The van der Waals surface area contributed by atoms with Crippen LogP contribution < -0.4 is 10.6 Å². The van der Waals surface area contributed by atoms with E-state index in [1.807, 2.05) is 20.8 Å². The van der Waals surface area contributed by atoms with E-state index in [9.17, 15) is 4.79 Å². The highest BCUT2D eigenvalue weighted by Gasteiger charge is 2.23. The molecule has 1 amide bonds. The van der Waals surface area contributed by atoms with Crippen LogP contribution in [0.25, 0.3) is 0 Å². The van der Waals surface area contributed by atoms with E-state index in [0.29, 0.717) is 0 Å². The van der Waals surface area contributed by atoms with Crippen molar-refractivity contribution in [3.8, 4) is 0 Å². The fourth-order valence-corrected chi connectivity index (χ4v) is 1.36. The van der Waals surface area contributed by atoms with Crippen molar-refractivity contribution in [2.75, 3.05) is 13.1 Å². The molecule has 1 saturated heterocycles. The number of hydrogen-bond donors (Lipinski definition) is 2. The highest BCUT2D eigenvalue weighted by atomic mass is 16.6. The third-order valence-corrected chi connectivity index (χ3v) is 1.89. The second kappa shape index (κ2) is 3.96. The molecule has 0 aromatic heterocycles. The normalized spacial score (nSPS) is 22.8. The number of amides is 1. The fraction of sp³-hybridized carbons (Fsp3) is 0.889. The zero-order valence-corrected chi connectivity index (χ0v) is 8.59. The van der Waals surface area contributed by atoms with Gasteiger partial charge in [-0.2, -0.15) is 0 Å². The van der Waals surface area contributed by atoms with Gasteiger partial charge in [-0.25, -0.2) is 4.79 Å². The maximum Gasteiger partial charge on any atom is 0.408 e. The van der Waals surface area contributed by atoms with Gasteiger partial charge in [0.2, 0.25) is 0 Å². The van der Waals surface area contributed by atoms with Crippen molar-refractivity contribution < 1.29 is 14.8 Å². The van der Waals surface area contributed by atoms with Crippen molar-refractivity contribution >= 4 is 6.09 Å². The van der Waals surface area contributed by atoms with Gasteiger partial charge in [-0.1, -0.05) is 0 Å². The Morgan fingerprint density at radius 2 is 2.23 bits per heavy atom. The molecule has 0 radical (unpaired) electrons. The van der Waals surface area contributed by atoms with Crippen molar-refractivity contribution in [3.05, 3.63) is 0 Å². The minimum Gasteiger partial charge on any atom is -0.444 e. The van der Waals surface area contributed by atoms with Crippen molar-refractivity contribution in [3.63, 3.8) is 0 Å². The third-order valence-electron chi connectivity index (χ3n) is 1.89. The van der Waals surface area contributed by atoms with Crippen LogP contribution in [0.15, 0.2) is 0 Å². The van der Waals surface area contributed by atoms with Crippen molar-refractivity contribution in [2.45, 2.75) is 38.8 Å². The molecule has 0 aromatic carbocycles. The topological polar surface area (TPSA) is 54.9 Å². The maximum atomic E-state index is 11.3. The van der Waals surface area contributed by atoms with Crippen LogP contribution in [-0.4, -0.2) is 30.8 Å². The number of nitrogens with two attached hydrogens (primary N) is 1. The van der Waals surface area contributed by atoms with Crippen LogP contribution in [0.4, 0.5) is 4.79 Å². The summed E-state index contributed by atoms with van der Waals surface area (Å²) in [6.07, 6.45) is 0.743. The molecule has 0 aliphatic carbocycles. The Morgan fingerprint density at radius 1 is 1.54 bits per heavy atom. The Bertz CT molecular complexity index is 181. The number of ether oxygens (including phenoxy) is 1. The van der Waals surface area contributed by atoms with Crippen LogP contribution in [0.3, 0.4) is 0 Å². The van der Waals surface area contributed by atoms with E-state index in [-0.39, 0.29) is 12.1 Å². The van der Waals surface area contributed by atoms with Gasteiger partial charge in [0.1, 0.15) is 5.60 Å². The monoisotopic (exact) mass is 187 g/mol. The summed E-state index contributed by atoms with van der Waals surface area (Å²) in [6, 6.07) is 0.287. The van der Waals surface area contributed by atoms with Gasteiger partial charge in [0.25, 0.3) is 0 Å². The summed E-state index contributed by atoms with van der Waals surface area (Å²) in [4.78, 5) is 11.3. The molecule has 13 heavy (non-hydrogen) atoms. The van der Waals surface area contributed by atoms with Gasteiger partial charge in [-0.3, -0.25) is 0 Å². The summed E-state index contributed by atoms with van der Waals surface area (Å²) in [5, 5.41) is 5.04. The van der Waals surface area contributed by atoms with E-state index in [4.69, 9.17) is 4.74 Å². The number of nitrogens with one attached hydrogen (secondary N) is 1. The summed E-state index contributed by atoms with van der Waals surface area (Å²) in [7, 11) is 0. The van der Waals surface area contributed by atoms with Crippen molar-refractivity contribution in [2.24, 2.45) is 0 Å². The summed E-state index contributed by atoms with van der Waals surface area (Å²) in [5.41, 5.74) is -0.396. The van der Waals surface area contributed by atoms with E-state index in [0.717, 1.165) is 19.5 Å². The SMILES string of the molecule is CC(C)(C)OC(=O)NC1CC[NH2+]C1. The van der Waals surface area contributed by atoms with Crippen LogP contribution in [0.1, 0.15) is 27.2 Å². The second-order valence-corrected chi connectivity index (χ2v) is 4.44. The van der Waals surface area contributed by atoms with Crippen LogP contribution in [0, 0.1) is 0 Å². The summed E-state index contributed by atoms with van der Waals surface area (Å²) >= 11 is 0. The van der Waals surface area contributed by atoms with Crippen LogP contribution in [-0.2, 0) is 4.74 Å². The Morgan fingerprint density at radius 3 is 2.69 bits per heavy atom. The standard InChI is InChI=1S/C9H18N2O2/c1-9(2,3)13-8(12)11-7-4-5-10-6-7/h7,10H,4-6H2,1-3H3,(H,11,12)/p+1. The Balaban J connectivity index is 2.24. The first kappa shape index (κ1) is 10.3. The van der Waals surface area contributed by atoms with Gasteiger partial charge < -0.3 is 15.4 Å². The molecule has 1 fully saturated rings. The zero-order valence-electron chi connectivity index (χ0n) is 8.59. The summed E-state index contributed by atoms with van der Waals surface area (Å²) in [5.74, 6) is 0. The fourth-order valence-electron chi connectivity index (χ4n) is 1.36. The zero-order chi connectivity index (χ0) is 9.90. The third kappa shape index (κ3) is 4.12. The highest BCUT2D eigenvalue weighted by molar-refractivity contribution is 5.68. The summed E-state index contributed by atoms with van der Waals surface area (Å²) < 4.78 is 5.14. The molecular weight excluding hydrogens is 168 g/mol. The number of quaternary nitrogens is 1. The molecule has 4 heteroatoms. The molecule has 4 nitrogen and oxygen atoms in total. The summed E-state index contributed by atoms with van der Waals surface area (Å²) in [6.45, 7) is 7.67. The van der Waals surface area contributed by atoms with Crippen LogP contribution >= 0.6 is 0 Å². The Labute approximate surface area is 79.0 Å². The smallest absolute Gasteiger partial charge is 0.408 e. The molecule has 76 valence electrons. The molecule has 1 unspecified atom stereocenters. The van der Waals surface area contributed by atoms with E-state index in [1.54, 1.807) is 0 Å². The predicted octanol–water partition coefficient (Wildman–Crippen LogP) is -0.153. The molecule has 3 N–H and O–H groups in total. The van der Waals surface area contributed by atoms with E-state index >= 15 is 0 Å². The molecule has 1 aliphatic rings. The lowest BCUT2D eigenvalue weighted by Gasteiger charge is -2.20. The van der Waals surface area contributed by atoms with Crippen LogP contribution in [0.2, 0.25) is 0 Å². The molecule has 0 spiro atoms. The lowest BCUT2D eigenvalue weighted by atomic mass is 10.2. The largest absolute Gasteiger partial charge is 0.444 e. The highest BCUT2D eigenvalue weighted by Crippen LogP contribution is 2.07. The molecule has 1 rings (SSSR count). The Kier molecular flexibility index (Phi) is 3.14. The van der Waals surface area contributed by atoms with Crippen molar-refractivity contribution in [1.29, 1.82) is 0 Å². The average molecular weight is 187 g/mol. The number of carbonyl (C=O) groups is 1. The average Bonchev–Trinajstić information content (AvgIpc) is 2.34. The van der Waals surface area contributed by atoms with Gasteiger partial charge in [-0.05, 0) is 20.8 Å². The predicted molar refractivity (Wildman–Crippen MR) is 49.4 cm³/mol. The van der Waals surface area contributed by atoms with Gasteiger partial charge in [0, 0.05) is 6.42 Å². The van der Waals surface area contributed by atoms with Crippen molar-refractivity contribution in [1.82, 2.24) is 5.32 Å². The maximum absolute atomic E-state index is 11.3. The van der Waals surface area contributed by atoms with Gasteiger partial charge in [-0.15, -0.1) is 0 Å². The van der Waals surface area contributed by atoms with Gasteiger partial charge >= 0.3 is 6.09 Å². The number of alkyl carbamates (subject to hydrolysis) is 1. The minimum absolute atomic E-state index is 0.287. The molecule has 1 aliphatic heterocycles.